The summed E-state index contributed by atoms with van der Waals surface area (Å²) in [4.78, 5) is 10.6. The monoisotopic (exact) mass is 258 g/mol. The molecule has 1 saturated heterocycles. The highest BCUT2D eigenvalue weighted by Gasteiger charge is 2.29. The van der Waals surface area contributed by atoms with Gasteiger partial charge in [0.05, 0.1) is 17.6 Å². The van der Waals surface area contributed by atoms with Crippen molar-refractivity contribution in [3.05, 3.63) is 24.0 Å². The lowest BCUT2D eigenvalue weighted by Crippen LogP contribution is -2.33. The first-order chi connectivity index (χ1) is 9.17. The van der Waals surface area contributed by atoms with Gasteiger partial charge in [0.15, 0.2) is 0 Å². The van der Waals surface area contributed by atoms with Crippen LogP contribution in [0.4, 0.5) is 5.69 Å². The maximum absolute atomic E-state index is 5.80. The summed E-state index contributed by atoms with van der Waals surface area (Å²) in [7, 11) is 0. The second-order valence-electron chi connectivity index (χ2n) is 5.62. The topological polar surface area (TPSA) is 57.9 Å². The lowest BCUT2D eigenvalue weighted by molar-refractivity contribution is 0.185. The first-order valence-corrected chi connectivity index (χ1v) is 7.17. The highest BCUT2D eigenvalue weighted by Crippen LogP contribution is 2.27. The van der Waals surface area contributed by atoms with Crippen LogP contribution in [0.3, 0.4) is 0 Å². The van der Waals surface area contributed by atoms with Gasteiger partial charge in [0.25, 0.3) is 0 Å². The predicted octanol–water partition coefficient (Wildman–Crippen LogP) is 2.91. The first-order valence-electron chi connectivity index (χ1n) is 7.17. The second-order valence-corrected chi connectivity index (χ2v) is 5.62. The van der Waals surface area contributed by atoms with Gasteiger partial charge in [-0.3, -0.25) is 4.90 Å². The Labute approximate surface area is 114 Å². The third kappa shape index (κ3) is 2.32. The van der Waals surface area contributed by atoms with E-state index in [9.17, 15) is 0 Å². The summed E-state index contributed by atoms with van der Waals surface area (Å²) in [5, 5.41) is 0. The van der Waals surface area contributed by atoms with E-state index in [1.807, 2.05) is 18.2 Å². The van der Waals surface area contributed by atoms with Crippen molar-refractivity contribution in [2.45, 2.75) is 51.7 Å². The van der Waals surface area contributed by atoms with Crippen LogP contribution in [0, 0.1) is 0 Å². The van der Waals surface area contributed by atoms with Crippen LogP contribution in [0.25, 0.3) is 11.0 Å². The minimum Gasteiger partial charge on any atom is -0.399 e. The maximum Gasteiger partial charge on any atom is 0.121 e. The van der Waals surface area contributed by atoms with Gasteiger partial charge in [-0.25, -0.2) is 4.98 Å². The van der Waals surface area contributed by atoms with E-state index in [2.05, 4.69) is 28.7 Å². The largest absolute Gasteiger partial charge is 0.399 e. The van der Waals surface area contributed by atoms with Gasteiger partial charge in [-0.2, -0.15) is 0 Å². The van der Waals surface area contributed by atoms with Gasteiger partial charge in [0.1, 0.15) is 5.82 Å². The van der Waals surface area contributed by atoms with Crippen LogP contribution in [0.15, 0.2) is 18.2 Å². The van der Waals surface area contributed by atoms with E-state index in [0.29, 0.717) is 12.1 Å². The van der Waals surface area contributed by atoms with E-state index in [4.69, 9.17) is 5.73 Å². The second kappa shape index (κ2) is 4.85. The lowest BCUT2D eigenvalue weighted by atomic mass is 10.1. The van der Waals surface area contributed by atoms with Gasteiger partial charge < -0.3 is 10.7 Å². The van der Waals surface area contributed by atoms with Crippen molar-refractivity contribution in [3.8, 4) is 0 Å². The molecule has 0 spiro atoms. The Morgan fingerprint density at radius 3 is 3.05 bits per heavy atom. The minimum absolute atomic E-state index is 0.656. The SMILES string of the molecule is CCC1CCC(C)N1Cc1nc2ccc(N)cc2[nH]1. The summed E-state index contributed by atoms with van der Waals surface area (Å²) in [6.45, 7) is 5.50. The summed E-state index contributed by atoms with van der Waals surface area (Å²) < 4.78 is 0. The molecule has 1 aliphatic rings. The third-order valence-corrected chi connectivity index (χ3v) is 4.31. The number of aromatic nitrogens is 2. The number of fused-ring (bicyclic) bond motifs is 1. The van der Waals surface area contributed by atoms with E-state index >= 15 is 0 Å². The lowest BCUT2D eigenvalue weighted by Gasteiger charge is -2.26. The van der Waals surface area contributed by atoms with Crippen molar-refractivity contribution >= 4 is 16.7 Å². The number of H-pyrrole nitrogens is 1. The quantitative estimate of drug-likeness (QED) is 0.832. The number of nitrogens with one attached hydrogen (secondary N) is 1. The van der Waals surface area contributed by atoms with E-state index in [0.717, 1.165) is 29.1 Å². The van der Waals surface area contributed by atoms with Crippen LogP contribution in [-0.4, -0.2) is 27.0 Å². The van der Waals surface area contributed by atoms with E-state index in [-0.39, 0.29) is 0 Å². The fourth-order valence-electron chi connectivity index (χ4n) is 3.18. The number of nitrogens with zero attached hydrogens (tertiary/aromatic N) is 2. The van der Waals surface area contributed by atoms with Crippen molar-refractivity contribution in [1.29, 1.82) is 0 Å². The molecule has 1 aliphatic heterocycles. The van der Waals surface area contributed by atoms with E-state index in [1.54, 1.807) is 0 Å². The molecule has 102 valence electrons. The van der Waals surface area contributed by atoms with Crippen molar-refractivity contribution in [3.63, 3.8) is 0 Å². The molecule has 2 aromatic rings. The molecule has 2 heterocycles. The van der Waals surface area contributed by atoms with Gasteiger partial charge in [-0.05, 0) is 44.4 Å². The van der Waals surface area contributed by atoms with Crippen LogP contribution in [-0.2, 0) is 6.54 Å². The molecule has 3 N–H and O–H groups in total. The molecule has 2 unspecified atom stereocenters. The Morgan fingerprint density at radius 1 is 1.42 bits per heavy atom. The van der Waals surface area contributed by atoms with Gasteiger partial charge in [-0.1, -0.05) is 6.92 Å². The number of nitrogen functional groups attached to an aromatic ring is 1. The van der Waals surface area contributed by atoms with E-state index in [1.165, 1.54) is 19.3 Å². The summed E-state index contributed by atoms with van der Waals surface area (Å²) in [6.07, 6.45) is 3.83. The van der Waals surface area contributed by atoms with Crippen LogP contribution >= 0.6 is 0 Å². The number of nitrogens with two attached hydrogens (primary N) is 1. The summed E-state index contributed by atoms with van der Waals surface area (Å²) in [5.74, 6) is 1.05. The summed E-state index contributed by atoms with van der Waals surface area (Å²) >= 11 is 0. The van der Waals surface area contributed by atoms with Gasteiger partial charge in [0, 0.05) is 17.8 Å². The number of likely N-dealkylation sites (tertiary alicyclic amines) is 1. The molecule has 0 aliphatic carbocycles. The first kappa shape index (κ1) is 12.5. The molecule has 1 aromatic carbocycles. The normalized spacial score (nSPS) is 24.3. The Hall–Kier alpha value is -1.55. The van der Waals surface area contributed by atoms with Crippen molar-refractivity contribution in [2.24, 2.45) is 0 Å². The Morgan fingerprint density at radius 2 is 2.26 bits per heavy atom. The molecule has 4 nitrogen and oxygen atoms in total. The predicted molar refractivity (Wildman–Crippen MR) is 78.8 cm³/mol. The van der Waals surface area contributed by atoms with Crippen molar-refractivity contribution in [1.82, 2.24) is 14.9 Å². The number of benzene rings is 1. The molecular weight excluding hydrogens is 236 g/mol. The van der Waals surface area contributed by atoms with Gasteiger partial charge in [0.2, 0.25) is 0 Å². The van der Waals surface area contributed by atoms with Crippen LogP contribution in [0.5, 0.6) is 0 Å². The molecule has 2 atom stereocenters. The summed E-state index contributed by atoms with van der Waals surface area (Å²) in [5.41, 5.74) is 8.63. The zero-order valence-corrected chi connectivity index (χ0v) is 11.7. The molecule has 0 amide bonds. The van der Waals surface area contributed by atoms with Crippen LogP contribution < -0.4 is 5.73 Å². The van der Waals surface area contributed by atoms with Crippen molar-refractivity contribution < 1.29 is 0 Å². The Balaban J connectivity index is 1.84. The zero-order chi connectivity index (χ0) is 13.4. The number of aromatic amines is 1. The van der Waals surface area contributed by atoms with E-state index < -0.39 is 0 Å². The third-order valence-electron chi connectivity index (χ3n) is 4.31. The highest BCUT2D eigenvalue weighted by atomic mass is 15.2. The smallest absolute Gasteiger partial charge is 0.121 e. The Kier molecular flexibility index (Phi) is 3.19. The number of imidazole rings is 1. The van der Waals surface area contributed by atoms with Crippen LogP contribution in [0.1, 0.15) is 38.9 Å². The molecule has 0 bridgehead atoms. The average molecular weight is 258 g/mol. The molecule has 1 fully saturated rings. The fraction of sp³-hybridized carbons (Fsp3) is 0.533. The number of anilines is 1. The minimum atomic E-state index is 0.656. The fourth-order valence-corrected chi connectivity index (χ4v) is 3.18. The molecule has 0 radical (unpaired) electrons. The molecule has 19 heavy (non-hydrogen) atoms. The number of hydrogen-bond donors (Lipinski definition) is 2. The molecule has 4 heteroatoms. The van der Waals surface area contributed by atoms with Gasteiger partial charge >= 0.3 is 0 Å². The molecule has 0 saturated carbocycles. The molecule has 1 aromatic heterocycles. The average Bonchev–Trinajstić information content (AvgIpc) is 2.94. The zero-order valence-electron chi connectivity index (χ0n) is 11.7. The van der Waals surface area contributed by atoms with Crippen LogP contribution in [0.2, 0.25) is 0 Å². The highest BCUT2D eigenvalue weighted by molar-refractivity contribution is 5.78. The maximum atomic E-state index is 5.80. The number of rotatable bonds is 3. The summed E-state index contributed by atoms with van der Waals surface area (Å²) in [6, 6.07) is 7.20. The Bertz CT molecular complexity index is 575. The van der Waals surface area contributed by atoms with Gasteiger partial charge in [-0.15, -0.1) is 0 Å². The van der Waals surface area contributed by atoms with Crippen molar-refractivity contribution in [2.75, 3.05) is 5.73 Å². The molecule has 3 rings (SSSR count). The number of hydrogen-bond acceptors (Lipinski definition) is 3. The standard InChI is InChI=1S/C15H22N4/c1-3-12-6-4-10(2)19(12)9-15-17-13-7-5-11(16)8-14(13)18-15/h5,7-8,10,12H,3-4,6,9,16H2,1-2H3,(H,17,18). The molecular formula is C15H22N4.